The van der Waals surface area contributed by atoms with E-state index in [1.54, 1.807) is 11.1 Å². The van der Waals surface area contributed by atoms with Gasteiger partial charge in [-0.2, -0.15) is 5.26 Å². The van der Waals surface area contributed by atoms with Gasteiger partial charge in [0.1, 0.15) is 0 Å². The molecule has 168 valence electrons. The van der Waals surface area contributed by atoms with Crippen LogP contribution in [0.15, 0.2) is 67.1 Å². The van der Waals surface area contributed by atoms with Crippen LogP contribution in [-0.2, 0) is 11.3 Å². The fourth-order valence-electron chi connectivity index (χ4n) is 4.78. The number of amides is 1. The van der Waals surface area contributed by atoms with E-state index >= 15 is 0 Å². The van der Waals surface area contributed by atoms with E-state index in [2.05, 4.69) is 43.8 Å². The maximum atomic E-state index is 12.6. The number of nitrogens with one attached hydrogen (secondary N) is 1. The lowest BCUT2D eigenvalue weighted by molar-refractivity contribution is -0.119. The fraction of sp³-hybridized carbons (Fsp3) is 0.192. The Bertz CT molecular complexity index is 1440. The van der Waals surface area contributed by atoms with E-state index in [0.717, 1.165) is 39.6 Å². The topological polar surface area (TPSA) is 99.1 Å². The average molecular weight is 451 g/mol. The molecule has 8 heteroatoms. The molecule has 2 N–H and O–H groups in total. The van der Waals surface area contributed by atoms with Crippen molar-refractivity contribution in [3.63, 3.8) is 0 Å². The summed E-state index contributed by atoms with van der Waals surface area (Å²) in [5.41, 5.74) is 6.65. The summed E-state index contributed by atoms with van der Waals surface area (Å²) in [6, 6.07) is 17.8. The van der Waals surface area contributed by atoms with Crippen LogP contribution < -0.4 is 10.2 Å². The first-order valence-electron chi connectivity index (χ1n) is 11.2. The van der Waals surface area contributed by atoms with Crippen molar-refractivity contribution in [2.24, 2.45) is 0 Å². The predicted molar refractivity (Wildman–Crippen MR) is 127 cm³/mol. The Morgan fingerprint density at radius 3 is 2.79 bits per heavy atom. The third-order valence-corrected chi connectivity index (χ3v) is 6.56. The first-order chi connectivity index (χ1) is 16.6. The Balaban J connectivity index is 1.42. The monoisotopic (exact) mass is 450 g/mol. The second-order valence-electron chi connectivity index (χ2n) is 8.63. The number of carbonyl (C=O) groups excluding carboxylic acids is 1. The van der Waals surface area contributed by atoms with Crippen molar-refractivity contribution >= 4 is 11.6 Å². The minimum absolute atomic E-state index is 0.00801. The van der Waals surface area contributed by atoms with Crippen molar-refractivity contribution in [1.82, 2.24) is 19.4 Å². The van der Waals surface area contributed by atoms with Gasteiger partial charge in [0.15, 0.2) is 5.82 Å². The predicted octanol–water partition coefficient (Wildman–Crippen LogP) is 2.54. The lowest BCUT2D eigenvalue weighted by Crippen LogP contribution is -2.55. The number of rotatable bonds is 3. The first kappa shape index (κ1) is 20.4. The van der Waals surface area contributed by atoms with E-state index in [1.165, 1.54) is 0 Å². The number of carbonyl (C=O) groups is 1. The summed E-state index contributed by atoms with van der Waals surface area (Å²) in [5, 5.41) is 21.7. The molecular formula is C26H22N6O2. The van der Waals surface area contributed by atoms with Gasteiger partial charge in [0.05, 0.1) is 36.2 Å². The van der Waals surface area contributed by atoms with Crippen molar-refractivity contribution in [2.45, 2.75) is 12.6 Å². The van der Waals surface area contributed by atoms with Crippen molar-refractivity contribution in [1.29, 1.82) is 5.26 Å². The molecule has 4 heterocycles. The molecule has 6 rings (SSSR count). The quantitative estimate of drug-likeness (QED) is 0.440. The van der Waals surface area contributed by atoms with E-state index < -0.39 is 0 Å². The number of nitrogens with zero attached hydrogens (tertiary/aromatic N) is 5. The molecule has 0 spiro atoms. The van der Waals surface area contributed by atoms with Crippen molar-refractivity contribution in [3.8, 4) is 34.4 Å². The number of hydrogen-bond donors (Lipinski definition) is 2. The Morgan fingerprint density at radius 1 is 1.15 bits per heavy atom. The summed E-state index contributed by atoms with van der Waals surface area (Å²) in [6.45, 7) is 1.26. The van der Waals surface area contributed by atoms with Crippen LogP contribution in [-0.4, -0.2) is 50.9 Å². The molecule has 1 amide bonds. The summed E-state index contributed by atoms with van der Waals surface area (Å²) >= 11 is 0. The fourth-order valence-corrected chi connectivity index (χ4v) is 4.78. The van der Waals surface area contributed by atoms with E-state index in [1.807, 2.05) is 42.6 Å². The molecule has 4 aromatic rings. The third kappa shape index (κ3) is 3.30. The van der Waals surface area contributed by atoms with Crippen LogP contribution in [0.3, 0.4) is 0 Å². The highest BCUT2D eigenvalue weighted by Gasteiger charge is 2.27. The molecule has 2 aromatic carbocycles. The number of nitriles is 1. The molecule has 1 fully saturated rings. The van der Waals surface area contributed by atoms with Gasteiger partial charge >= 0.3 is 0 Å². The van der Waals surface area contributed by atoms with E-state index in [-0.39, 0.29) is 25.1 Å². The summed E-state index contributed by atoms with van der Waals surface area (Å²) in [7, 11) is 0. The number of imidazole rings is 1. The number of aliphatic hydroxyl groups is 1. The maximum absolute atomic E-state index is 12.6. The van der Waals surface area contributed by atoms with Crippen LogP contribution in [0.1, 0.15) is 11.1 Å². The number of fused-ring (bicyclic) bond motifs is 5. The summed E-state index contributed by atoms with van der Waals surface area (Å²) in [5.74, 6) is 0.844. The first-order valence-corrected chi connectivity index (χ1v) is 11.2. The second kappa shape index (κ2) is 7.99. The smallest absolute Gasteiger partial charge is 0.241 e. The van der Waals surface area contributed by atoms with Crippen molar-refractivity contribution in [2.75, 3.05) is 24.6 Å². The van der Waals surface area contributed by atoms with Gasteiger partial charge in [-0.3, -0.25) is 9.36 Å². The number of aromatic nitrogens is 3. The lowest BCUT2D eigenvalue weighted by atomic mass is 10.1. The minimum atomic E-state index is -0.136. The van der Waals surface area contributed by atoms with Crippen LogP contribution in [0.5, 0.6) is 0 Å². The molecule has 1 atom stereocenters. The standard InChI is InChI=1S/C26H22N6O2/c27-11-17-1-3-18(4-2-17)19-10-24-26-28-7-8-31(26)23-6-5-22(9-20(23)14-30(24)13-19)32-15-21(16-33)29-12-25(32)34/h1-10,13,21,29,33H,12,14-16H2/t21-/m1/s1. The van der Waals surface area contributed by atoms with Gasteiger partial charge in [0.2, 0.25) is 5.91 Å². The molecule has 0 aliphatic carbocycles. The molecule has 2 aromatic heterocycles. The maximum Gasteiger partial charge on any atom is 0.241 e. The number of piperazine rings is 1. The van der Waals surface area contributed by atoms with E-state index in [9.17, 15) is 9.90 Å². The largest absolute Gasteiger partial charge is 0.395 e. The molecule has 1 saturated heterocycles. The van der Waals surface area contributed by atoms with Crippen molar-refractivity contribution < 1.29 is 9.90 Å². The third-order valence-electron chi connectivity index (χ3n) is 6.56. The Kier molecular flexibility index (Phi) is 4.80. The zero-order valence-electron chi connectivity index (χ0n) is 18.3. The lowest BCUT2D eigenvalue weighted by Gasteiger charge is -2.33. The SMILES string of the molecule is N#Cc1ccc(-c2cc3n(c2)Cc2cc(N4C[C@H](CO)NCC4=O)ccc2-n2ccnc2-3)cc1. The summed E-state index contributed by atoms with van der Waals surface area (Å²) < 4.78 is 4.26. The Labute approximate surface area is 196 Å². The van der Waals surface area contributed by atoms with Crippen LogP contribution >= 0.6 is 0 Å². The number of anilines is 1. The Morgan fingerprint density at radius 2 is 2.00 bits per heavy atom. The van der Waals surface area contributed by atoms with Gasteiger partial charge in [-0.05, 0) is 47.5 Å². The molecule has 0 radical (unpaired) electrons. The molecule has 34 heavy (non-hydrogen) atoms. The zero-order chi connectivity index (χ0) is 23.2. The number of hydrogen-bond acceptors (Lipinski definition) is 5. The molecule has 0 bridgehead atoms. The molecule has 0 saturated carbocycles. The zero-order valence-corrected chi connectivity index (χ0v) is 18.3. The van der Waals surface area contributed by atoms with Crippen LogP contribution in [0.25, 0.3) is 28.3 Å². The van der Waals surface area contributed by atoms with Crippen LogP contribution in [0.4, 0.5) is 5.69 Å². The number of aliphatic hydroxyl groups excluding tert-OH is 1. The van der Waals surface area contributed by atoms with Crippen LogP contribution in [0, 0.1) is 11.3 Å². The molecule has 2 aliphatic rings. The van der Waals surface area contributed by atoms with Gasteiger partial charge in [-0.25, -0.2) is 4.98 Å². The van der Waals surface area contributed by atoms with Crippen molar-refractivity contribution in [3.05, 3.63) is 78.2 Å². The Hall–Kier alpha value is -4.19. The normalized spacial score (nSPS) is 16.9. The summed E-state index contributed by atoms with van der Waals surface area (Å²) in [4.78, 5) is 19.0. The van der Waals surface area contributed by atoms with Gasteiger partial charge in [0.25, 0.3) is 0 Å². The molecular weight excluding hydrogens is 428 g/mol. The summed E-state index contributed by atoms with van der Waals surface area (Å²) in [6.07, 6.45) is 5.85. The average Bonchev–Trinajstić information content (AvgIpc) is 3.49. The molecule has 8 nitrogen and oxygen atoms in total. The van der Waals surface area contributed by atoms with E-state index in [4.69, 9.17) is 5.26 Å². The van der Waals surface area contributed by atoms with Gasteiger partial charge in [-0.15, -0.1) is 0 Å². The van der Waals surface area contributed by atoms with Gasteiger partial charge < -0.3 is 19.9 Å². The molecule has 0 unspecified atom stereocenters. The number of benzene rings is 2. The van der Waals surface area contributed by atoms with E-state index in [0.29, 0.717) is 18.7 Å². The van der Waals surface area contributed by atoms with Gasteiger partial charge in [-0.1, -0.05) is 12.1 Å². The minimum Gasteiger partial charge on any atom is -0.395 e. The highest BCUT2D eigenvalue weighted by Crippen LogP contribution is 2.35. The second-order valence-corrected chi connectivity index (χ2v) is 8.63. The van der Waals surface area contributed by atoms with Crippen LogP contribution in [0.2, 0.25) is 0 Å². The molecule has 2 aliphatic heterocycles. The highest BCUT2D eigenvalue weighted by molar-refractivity contribution is 5.96. The highest BCUT2D eigenvalue weighted by atomic mass is 16.3. The van der Waals surface area contributed by atoms with Gasteiger partial charge in [0, 0.05) is 49.0 Å².